The third kappa shape index (κ3) is 2.82. The molecule has 1 aromatic rings. The monoisotopic (exact) mass is 253 g/mol. The van der Waals surface area contributed by atoms with E-state index in [1.165, 1.54) is 5.56 Å². The van der Waals surface area contributed by atoms with E-state index in [0.29, 0.717) is 6.10 Å². The molecule has 0 aromatic heterocycles. The largest absolute Gasteiger partial charge is 0.378 e. The standard InChI is InChI=1S/C14H20ClNO/c1-11-14(10-16-2,6-7-17-11)9-12-4-3-5-13(15)8-12/h3-5,8,11,16H,6-7,9-10H2,1-2H3. The summed E-state index contributed by atoms with van der Waals surface area (Å²) in [5.41, 5.74) is 1.50. The van der Waals surface area contributed by atoms with Gasteiger partial charge >= 0.3 is 0 Å². The van der Waals surface area contributed by atoms with Crippen molar-refractivity contribution in [3.63, 3.8) is 0 Å². The highest BCUT2D eigenvalue weighted by molar-refractivity contribution is 6.30. The second-order valence-electron chi connectivity index (χ2n) is 4.96. The van der Waals surface area contributed by atoms with Crippen LogP contribution in [0.25, 0.3) is 0 Å². The van der Waals surface area contributed by atoms with Gasteiger partial charge in [0.25, 0.3) is 0 Å². The summed E-state index contributed by atoms with van der Waals surface area (Å²) >= 11 is 6.04. The second kappa shape index (κ2) is 5.38. The Balaban J connectivity index is 2.18. The first-order chi connectivity index (χ1) is 8.16. The van der Waals surface area contributed by atoms with E-state index in [9.17, 15) is 0 Å². The Morgan fingerprint density at radius 3 is 2.94 bits per heavy atom. The molecule has 1 heterocycles. The van der Waals surface area contributed by atoms with Crippen LogP contribution in [0.4, 0.5) is 0 Å². The highest BCUT2D eigenvalue weighted by Gasteiger charge is 2.40. The summed E-state index contributed by atoms with van der Waals surface area (Å²) in [5, 5.41) is 4.12. The molecule has 0 saturated carbocycles. The van der Waals surface area contributed by atoms with Gasteiger partial charge in [-0.15, -0.1) is 0 Å². The van der Waals surface area contributed by atoms with Crippen molar-refractivity contribution in [3.05, 3.63) is 34.9 Å². The van der Waals surface area contributed by atoms with Crippen LogP contribution < -0.4 is 5.32 Å². The third-order valence-electron chi connectivity index (χ3n) is 3.80. The van der Waals surface area contributed by atoms with Crippen LogP contribution in [0.1, 0.15) is 18.9 Å². The number of benzene rings is 1. The molecule has 2 unspecified atom stereocenters. The number of hydrogen-bond donors (Lipinski definition) is 1. The molecule has 2 rings (SSSR count). The lowest BCUT2D eigenvalue weighted by Crippen LogP contribution is -2.40. The number of ether oxygens (including phenoxy) is 1. The first kappa shape index (κ1) is 12.9. The fourth-order valence-electron chi connectivity index (χ4n) is 2.75. The third-order valence-corrected chi connectivity index (χ3v) is 4.04. The van der Waals surface area contributed by atoms with E-state index in [4.69, 9.17) is 16.3 Å². The predicted molar refractivity (Wildman–Crippen MR) is 71.5 cm³/mol. The van der Waals surface area contributed by atoms with Gasteiger partial charge in [-0.05, 0) is 44.5 Å². The van der Waals surface area contributed by atoms with Crippen LogP contribution in [0.3, 0.4) is 0 Å². The molecule has 2 nitrogen and oxygen atoms in total. The van der Waals surface area contributed by atoms with E-state index in [0.717, 1.165) is 31.0 Å². The molecule has 1 aromatic carbocycles. The van der Waals surface area contributed by atoms with Crippen molar-refractivity contribution >= 4 is 11.6 Å². The van der Waals surface area contributed by atoms with Crippen molar-refractivity contribution in [3.8, 4) is 0 Å². The molecule has 3 heteroatoms. The van der Waals surface area contributed by atoms with Crippen LogP contribution in [-0.2, 0) is 11.2 Å². The van der Waals surface area contributed by atoms with Crippen molar-refractivity contribution in [2.24, 2.45) is 5.41 Å². The molecule has 1 N–H and O–H groups in total. The van der Waals surface area contributed by atoms with Gasteiger partial charge < -0.3 is 10.1 Å². The molecule has 94 valence electrons. The van der Waals surface area contributed by atoms with E-state index in [1.54, 1.807) is 0 Å². The lowest BCUT2D eigenvalue weighted by molar-refractivity contribution is 0.0640. The maximum Gasteiger partial charge on any atom is 0.0619 e. The van der Waals surface area contributed by atoms with Crippen molar-refractivity contribution in [2.75, 3.05) is 20.2 Å². The lowest BCUT2D eigenvalue weighted by Gasteiger charge is -2.32. The number of rotatable bonds is 4. The number of hydrogen-bond acceptors (Lipinski definition) is 2. The summed E-state index contributed by atoms with van der Waals surface area (Å²) in [6.45, 7) is 4.03. The maximum atomic E-state index is 6.04. The summed E-state index contributed by atoms with van der Waals surface area (Å²) in [6, 6.07) is 8.15. The minimum atomic E-state index is 0.208. The zero-order valence-electron chi connectivity index (χ0n) is 10.5. The second-order valence-corrected chi connectivity index (χ2v) is 5.40. The zero-order chi connectivity index (χ0) is 12.3. The molecular weight excluding hydrogens is 234 g/mol. The van der Waals surface area contributed by atoms with Crippen molar-refractivity contribution in [2.45, 2.75) is 25.9 Å². The highest BCUT2D eigenvalue weighted by Crippen LogP contribution is 2.38. The minimum Gasteiger partial charge on any atom is -0.378 e. The first-order valence-corrected chi connectivity index (χ1v) is 6.55. The summed E-state index contributed by atoms with van der Waals surface area (Å²) in [4.78, 5) is 0. The quantitative estimate of drug-likeness (QED) is 0.891. The van der Waals surface area contributed by atoms with Crippen LogP contribution in [0.15, 0.2) is 24.3 Å². The van der Waals surface area contributed by atoms with Gasteiger partial charge in [0.05, 0.1) is 6.10 Å². The predicted octanol–water partition coefficient (Wildman–Crippen LogP) is 2.90. The Hall–Kier alpha value is -0.570. The van der Waals surface area contributed by atoms with E-state index >= 15 is 0 Å². The molecule has 0 bridgehead atoms. The van der Waals surface area contributed by atoms with E-state index in [1.807, 2.05) is 19.2 Å². The SMILES string of the molecule is CNCC1(Cc2cccc(Cl)c2)CCOC1C. The van der Waals surface area contributed by atoms with Crippen LogP contribution in [0.5, 0.6) is 0 Å². The normalized spacial score (nSPS) is 28.5. The topological polar surface area (TPSA) is 21.3 Å². The zero-order valence-corrected chi connectivity index (χ0v) is 11.3. The van der Waals surface area contributed by atoms with Crippen molar-refractivity contribution < 1.29 is 4.74 Å². The highest BCUT2D eigenvalue weighted by atomic mass is 35.5. The Bertz CT molecular complexity index is 382. The number of nitrogens with one attached hydrogen (secondary N) is 1. The Morgan fingerprint density at radius 2 is 2.35 bits per heavy atom. The molecule has 17 heavy (non-hydrogen) atoms. The van der Waals surface area contributed by atoms with Crippen LogP contribution in [0, 0.1) is 5.41 Å². The molecule has 2 atom stereocenters. The Morgan fingerprint density at radius 1 is 1.53 bits per heavy atom. The van der Waals surface area contributed by atoms with Crippen LogP contribution in [-0.4, -0.2) is 26.3 Å². The van der Waals surface area contributed by atoms with Gasteiger partial charge in [-0.2, -0.15) is 0 Å². The number of halogens is 1. The lowest BCUT2D eigenvalue weighted by atomic mass is 9.76. The smallest absolute Gasteiger partial charge is 0.0619 e. The molecule has 1 aliphatic rings. The van der Waals surface area contributed by atoms with Crippen LogP contribution in [0.2, 0.25) is 5.02 Å². The van der Waals surface area contributed by atoms with E-state index in [-0.39, 0.29) is 5.41 Å². The molecule has 0 aliphatic carbocycles. The Kier molecular flexibility index (Phi) is 4.08. The van der Waals surface area contributed by atoms with Crippen LogP contribution >= 0.6 is 11.6 Å². The van der Waals surface area contributed by atoms with E-state index < -0.39 is 0 Å². The molecule has 1 saturated heterocycles. The average molecular weight is 254 g/mol. The van der Waals surface area contributed by atoms with Gasteiger partial charge in [0, 0.05) is 23.6 Å². The van der Waals surface area contributed by atoms with Crippen molar-refractivity contribution in [1.82, 2.24) is 5.32 Å². The molecule has 0 radical (unpaired) electrons. The van der Waals surface area contributed by atoms with Gasteiger partial charge in [-0.1, -0.05) is 23.7 Å². The van der Waals surface area contributed by atoms with Gasteiger partial charge in [0.1, 0.15) is 0 Å². The minimum absolute atomic E-state index is 0.208. The van der Waals surface area contributed by atoms with Gasteiger partial charge in [0.2, 0.25) is 0 Å². The molecule has 0 amide bonds. The van der Waals surface area contributed by atoms with Gasteiger partial charge in [0.15, 0.2) is 0 Å². The summed E-state index contributed by atoms with van der Waals surface area (Å²) < 4.78 is 5.75. The summed E-state index contributed by atoms with van der Waals surface area (Å²) in [6.07, 6.45) is 2.44. The van der Waals surface area contributed by atoms with E-state index in [2.05, 4.69) is 24.4 Å². The first-order valence-electron chi connectivity index (χ1n) is 6.17. The molecular formula is C14H20ClNO. The molecule has 1 aliphatic heterocycles. The molecule has 1 fully saturated rings. The fraction of sp³-hybridized carbons (Fsp3) is 0.571. The Labute approximate surface area is 108 Å². The summed E-state index contributed by atoms with van der Waals surface area (Å²) in [5.74, 6) is 0. The summed E-state index contributed by atoms with van der Waals surface area (Å²) in [7, 11) is 2.00. The fourth-order valence-corrected chi connectivity index (χ4v) is 2.96. The molecule has 0 spiro atoms. The maximum absolute atomic E-state index is 6.04. The van der Waals surface area contributed by atoms with Gasteiger partial charge in [-0.3, -0.25) is 0 Å². The average Bonchev–Trinajstić information content (AvgIpc) is 2.61. The van der Waals surface area contributed by atoms with Gasteiger partial charge in [-0.25, -0.2) is 0 Å². The van der Waals surface area contributed by atoms with Crippen molar-refractivity contribution in [1.29, 1.82) is 0 Å².